The molecule has 3 rings (SSSR count). The number of hydrogen-bond donors (Lipinski definition) is 0. The molecular formula is C21H28N2O3. The van der Waals surface area contributed by atoms with Gasteiger partial charge >= 0.3 is 0 Å². The van der Waals surface area contributed by atoms with Crippen LogP contribution >= 0.6 is 0 Å². The Labute approximate surface area is 155 Å². The van der Waals surface area contributed by atoms with Crippen molar-refractivity contribution in [3.05, 3.63) is 54.0 Å². The summed E-state index contributed by atoms with van der Waals surface area (Å²) in [6.07, 6.45) is 4.87. The number of methoxy groups -OCH3 is 1. The highest BCUT2D eigenvalue weighted by Crippen LogP contribution is 2.21. The summed E-state index contributed by atoms with van der Waals surface area (Å²) in [5, 5.41) is 0. The highest BCUT2D eigenvalue weighted by atomic mass is 16.5. The van der Waals surface area contributed by atoms with Gasteiger partial charge < -0.3 is 19.0 Å². The normalized spacial score (nSPS) is 17.8. The molecule has 2 heterocycles. The molecule has 0 N–H and O–H groups in total. The molecule has 1 fully saturated rings. The molecule has 5 nitrogen and oxygen atoms in total. The number of piperidine rings is 1. The second-order valence-electron chi connectivity index (χ2n) is 7.03. The Balaban J connectivity index is 1.50. The van der Waals surface area contributed by atoms with Crippen molar-refractivity contribution in [3.8, 4) is 5.75 Å². The van der Waals surface area contributed by atoms with E-state index in [0.29, 0.717) is 11.7 Å². The molecule has 26 heavy (non-hydrogen) atoms. The Morgan fingerprint density at radius 2 is 2.15 bits per heavy atom. The van der Waals surface area contributed by atoms with Crippen molar-refractivity contribution in [1.29, 1.82) is 0 Å². The molecule has 0 spiro atoms. The van der Waals surface area contributed by atoms with E-state index >= 15 is 0 Å². The van der Waals surface area contributed by atoms with Gasteiger partial charge in [-0.3, -0.25) is 4.79 Å². The number of rotatable bonds is 7. The number of hydrogen-bond acceptors (Lipinski definition) is 4. The van der Waals surface area contributed by atoms with Gasteiger partial charge in [-0.1, -0.05) is 18.2 Å². The van der Waals surface area contributed by atoms with Crippen molar-refractivity contribution < 1.29 is 13.9 Å². The summed E-state index contributed by atoms with van der Waals surface area (Å²) in [6.45, 7) is 3.95. The molecule has 2 aromatic rings. The van der Waals surface area contributed by atoms with E-state index in [0.717, 1.165) is 38.3 Å². The lowest BCUT2D eigenvalue weighted by Crippen LogP contribution is -2.42. The number of carbonyl (C=O) groups is 1. The SMILES string of the molecule is COc1ccccc1CCN1CCC[C@H](CN(C)C(=O)c2ccco2)C1. The molecule has 1 aliphatic rings. The zero-order valence-electron chi connectivity index (χ0n) is 15.7. The predicted molar refractivity (Wildman–Crippen MR) is 102 cm³/mol. The van der Waals surface area contributed by atoms with Crippen LogP contribution < -0.4 is 4.74 Å². The number of ether oxygens (including phenoxy) is 1. The first-order valence-electron chi connectivity index (χ1n) is 9.30. The van der Waals surface area contributed by atoms with Gasteiger partial charge in [-0.2, -0.15) is 0 Å². The van der Waals surface area contributed by atoms with E-state index in [1.807, 2.05) is 19.2 Å². The molecule has 1 aromatic carbocycles. The molecular weight excluding hydrogens is 328 g/mol. The number of carbonyl (C=O) groups excluding carboxylic acids is 1. The van der Waals surface area contributed by atoms with E-state index in [4.69, 9.17) is 9.15 Å². The van der Waals surface area contributed by atoms with Gasteiger partial charge in [-0.25, -0.2) is 0 Å². The first-order chi connectivity index (χ1) is 12.7. The minimum atomic E-state index is -0.0406. The number of nitrogens with zero attached hydrogens (tertiary/aromatic N) is 2. The standard InChI is InChI=1S/C21H28N2O3/c1-22(21(24)20-10-6-14-26-20)15-17-7-5-12-23(16-17)13-11-18-8-3-4-9-19(18)25-2/h3-4,6,8-10,14,17H,5,7,11-13,15-16H2,1-2H3/t17-/m1/s1. The summed E-state index contributed by atoms with van der Waals surface area (Å²) in [5.74, 6) is 1.84. The van der Waals surface area contributed by atoms with E-state index in [9.17, 15) is 4.79 Å². The average Bonchev–Trinajstić information content (AvgIpc) is 3.21. The lowest BCUT2D eigenvalue weighted by Gasteiger charge is -2.34. The van der Waals surface area contributed by atoms with Crippen LogP contribution in [0, 0.1) is 5.92 Å². The summed E-state index contributed by atoms with van der Waals surface area (Å²) < 4.78 is 10.7. The molecule has 0 radical (unpaired) electrons. The van der Waals surface area contributed by atoms with Gasteiger partial charge in [-0.05, 0) is 55.5 Å². The fourth-order valence-corrected chi connectivity index (χ4v) is 3.75. The van der Waals surface area contributed by atoms with Gasteiger partial charge in [0.15, 0.2) is 5.76 Å². The third-order valence-electron chi connectivity index (χ3n) is 5.10. The second kappa shape index (κ2) is 8.90. The van der Waals surface area contributed by atoms with E-state index < -0.39 is 0 Å². The fraction of sp³-hybridized carbons (Fsp3) is 0.476. The maximum absolute atomic E-state index is 12.3. The first kappa shape index (κ1) is 18.5. The molecule has 0 bridgehead atoms. The van der Waals surface area contributed by atoms with Crippen LogP contribution in [0.25, 0.3) is 0 Å². The predicted octanol–water partition coefficient (Wildman–Crippen LogP) is 3.31. The van der Waals surface area contributed by atoms with Gasteiger partial charge in [0.2, 0.25) is 0 Å². The van der Waals surface area contributed by atoms with Crippen LogP contribution in [0.2, 0.25) is 0 Å². The van der Waals surface area contributed by atoms with E-state index in [-0.39, 0.29) is 5.91 Å². The molecule has 1 saturated heterocycles. The van der Waals surface area contributed by atoms with Gasteiger partial charge in [0, 0.05) is 26.7 Å². The summed E-state index contributed by atoms with van der Waals surface area (Å²) in [7, 11) is 3.58. The maximum Gasteiger partial charge on any atom is 0.289 e. The summed E-state index contributed by atoms with van der Waals surface area (Å²) in [4.78, 5) is 16.6. The van der Waals surface area contributed by atoms with Crippen LogP contribution in [0.5, 0.6) is 5.75 Å². The molecule has 0 unspecified atom stereocenters. The molecule has 1 atom stereocenters. The lowest BCUT2D eigenvalue weighted by molar-refractivity contribution is 0.0700. The largest absolute Gasteiger partial charge is 0.496 e. The highest BCUT2D eigenvalue weighted by Gasteiger charge is 2.24. The monoisotopic (exact) mass is 356 g/mol. The Hall–Kier alpha value is -2.27. The fourth-order valence-electron chi connectivity index (χ4n) is 3.75. The molecule has 1 amide bonds. The minimum Gasteiger partial charge on any atom is -0.496 e. The topological polar surface area (TPSA) is 45.9 Å². The van der Waals surface area contributed by atoms with Gasteiger partial charge in [-0.15, -0.1) is 0 Å². The summed E-state index contributed by atoms with van der Waals surface area (Å²) in [6, 6.07) is 11.7. The van der Waals surface area contributed by atoms with Crippen molar-refractivity contribution in [1.82, 2.24) is 9.80 Å². The molecule has 0 saturated carbocycles. The van der Waals surface area contributed by atoms with Crippen LogP contribution in [-0.2, 0) is 6.42 Å². The van der Waals surface area contributed by atoms with Crippen molar-refractivity contribution in [3.63, 3.8) is 0 Å². The Kier molecular flexibility index (Phi) is 6.34. The van der Waals surface area contributed by atoms with E-state index in [1.165, 1.54) is 18.4 Å². The van der Waals surface area contributed by atoms with Crippen molar-refractivity contribution in [2.24, 2.45) is 5.92 Å². The van der Waals surface area contributed by atoms with Crippen LogP contribution in [-0.4, -0.2) is 56.0 Å². The Bertz CT molecular complexity index is 699. The van der Waals surface area contributed by atoms with E-state index in [2.05, 4.69) is 17.0 Å². The average molecular weight is 356 g/mol. The van der Waals surface area contributed by atoms with Gasteiger partial charge in [0.05, 0.1) is 13.4 Å². The van der Waals surface area contributed by atoms with Gasteiger partial charge in [0.1, 0.15) is 5.75 Å². The maximum atomic E-state index is 12.3. The number of furan rings is 1. The summed E-state index contributed by atoms with van der Waals surface area (Å²) >= 11 is 0. The molecule has 5 heteroatoms. The quantitative estimate of drug-likeness (QED) is 0.763. The zero-order valence-corrected chi connectivity index (χ0v) is 15.7. The third kappa shape index (κ3) is 4.67. The number of amides is 1. The summed E-state index contributed by atoms with van der Waals surface area (Å²) in [5.41, 5.74) is 1.25. The smallest absolute Gasteiger partial charge is 0.289 e. The minimum absolute atomic E-state index is 0.0406. The van der Waals surface area contributed by atoms with Crippen LogP contribution in [0.1, 0.15) is 29.0 Å². The third-order valence-corrected chi connectivity index (χ3v) is 5.10. The van der Waals surface area contributed by atoms with Crippen molar-refractivity contribution in [2.45, 2.75) is 19.3 Å². The first-order valence-corrected chi connectivity index (χ1v) is 9.30. The second-order valence-corrected chi connectivity index (χ2v) is 7.03. The van der Waals surface area contributed by atoms with Crippen LogP contribution in [0.15, 0.2) is 47.1 Å². The molecule has 0 aliphatic carbocycles. The lowest BCUT2D eigenvalue weighted by atomic mass is 9.97. The van der Waals surface area contributed by atoms with Crippen molar-refractivity contribution >= 4 is 5.91 Å². The Morgan fingerprint density at radius 3 is 2.92 bits per heavy atom. The van der Waals surface area contributed by atoms with Crippen LogP contribution in [0.4, 0.5) is 0 Å². The number of likely N-dealkylation sites (tertiary alicyclic amines) is 1. The van der Waals surface area contributed by atoms with Crippen molar-refractivity contribution in [2.75, 3.05) is 40.3 Å². The van der Waals surface area contributed by atoms with E-state index in [1.54, 1.807) is 30.4 Å². The van der Waals surface area contributed by atoms with Gasteiger partial charge in [0.25, 0.3) is 5.91 Å². The van der Waals surface area contributed by atoms with Crippen LogP contribution in [0.3, 0.4) is 0 Å². The highest BCUT2D eigenvalue weighted by molar-refractivity contribution is 5.91. The molecule has 1 aliphatic heterocycles. The molecule has 140 valence electrons. The zero-order chi connectivity index (χ0) is 18.4. The molecule has 1 aromatic heterocycles. The number of para-hydroxylation sites is 1. The number of benzene rings is 1. The Morgan fingerprint density at radius 1 is 1.31 bits per heavy atom.